The molecule has 1 aliphatic heterocycles. The second kappa shape index (κ2) is 10.8. The van der Waals surface area contributed by atoms with E-state index in [1.165, 1.54) is 0 Å². The first kappa shape index (κ1) is 23.5. The minimum atomic E-state index is -0.509. The fourth-order valence-electron chi connectivity index (χ4n) is 3.27. The standard InChI is InChI=1S/C22H35N5O3/c1-6-8-19(28)25-17-10-7-9-16(13-17)14-24-20(23-5)27-12-11-18(15-27)26-21(29)30-22(2,3)4/h7,9-10,13,18H,6,8,11-12,14-15H2,1-5H3,(H,23,24)(H,25,28)(H,26,29). The van der Waals surface area contributed by atoms with Gasteiger partial charge in [0, 0.05) is 38.8 Å². The first-order chi connectivity index (χ1) is 14.2. The first-order valence-electron chi connectivity index (χ1n) is 10.5. The van der Waals surface area contributed by atoms with Gasteiger partial charge in [-0.25, -0.2) is 4.79 Å². The number of benzene rings is 1. The molecule has 1 unspecified atom stereocenters. The van der Waals surface area contributed by atoms with Crippen molar-refractivity contribution in [3.05, 3.63) is 29.8 Å². The molecule has 2 rings (SSSR count). The highest BCUT2D eigenvalue weighted by Crippen LogP contribution is 2.14. The zero-order chi connectivity index (χ0) is 22.1. The predicted molar refractivity (Wildman–Crippen MR) is 120 cm³/mol. The Morgan fingerprint density at radius 2 is 2.07 bits per heavy atom. The third kappa shape index (κ3) is 7.93. The minimum Gasteiger partial charge on any atom is -0.444 e. The van der Waals surface area contributed by atoms with Gasteiger partial charge in [0.25, 0.3) is 0 Å². The summed E-state index contributed by atoms with van der Waals surface area (Å²) < 4.78 is 5.34. The highest BCUT2D eigenvalue weighted by atomic mass is 16.6. The summed E-state index contributed by atoms with van der Waals surface area (Å²) in [5.41, 5.74) is 1.34. The Kier molecular flexibility index (Phi) is 8.50. The molecule has 1 saturated heterocycles. The summed E-state index contributed by atoms with van der Waals surface area (Å²) >= 11 is 0. The molecule has 1 atom stereocenters. The second-order valence-electron chi connectivity index (χ2n) is 8.48. The van der Waals surface area contributed by atoms with E-state index in [1.54, 1.807) is 7.05 Å². The van der Waals surface area contributed by atoms with E-state index < -0.39 is 5.60 Å². The van der Waals surface area contributed by atoms with Crippen LogP contribution in [0.1, 0.15) is 52.5 Å². The topological polar surface area (TPSA) is 95.1 Å². The van der Waals surface area contributed by atoms with E-state index in [2.05, 4.69) is 25.8 Å². The molecule has 0 bridgehead atoms. The molecule has 1 aromatic carbocycles. The fraction of sp³-hybridized carbons (Fsp3) is 0.591. The molecule has 0 radical (unpaired) electrons. The fourth-order valence-corrected chi connectivity index (χ4v) is 3.27. The minimum absolute atomic E-state index is 0.0236. The van der Waals surface area contributed by atoms with E-state index >= 15 is 0 Å². The van der Waals surface area contributed by atoms with Crippen molar-refractivity contribution in [1.82, 2.24) is 15.5 Å². The van der Waals surface area contributed by atoms with Crippen LogP contribution in [0.25, 0.3) is 0 Å². The molecule has 0 aliphatic carbocycles. The third-order valence-corrected chi connectivity index (χ3v) is 4.56. The number of ether oxygens (including phenoxy) is 1. The van der Waals surface area contributed by atoms with Crippen molar-refractivity contribution in [2.75, 3.05) is 25.5 Å². The van der Waals surface area contributed by atoms with Crippen molar-refractivity contribution < 1.29 is 14.3 Å². The molecule has 1 heterocycles. The second-order valence-corrected chi connectivity index (χ2v) is 8.48. The van der Waals surface area contributed by atoms with Crippen LogP contribution in [-0.4, -0.2) is 54.6 Å². The number of hydrogen-bond donors (Lipinski definition) is 3. The van der Waals surface area contributed by atoms with Crippen molar-refractivity contribution >= 4 is 23.6 Å². The Hall–Kier alpha value is -2.77. The summed E-state index contributed by atoms with van der Waals surface area (Å²) in [5.74, 6) is 0.808. The number of carbonyl (C=O) groups is 2. The van der Waals surface area contributed by atoms with E-state index in [0.717, 1.165) is 36.6 Å². The van der Waals surface area contributed by atoms with Crippen molar-refractivity contribution in [1.29, 1.82) is 0 Å². The van der Waals surface area contributed by atoms with Crippen molar-refractivity contribution in [2.45, 2.75) is 65.1 Å². The van der Waals surface area contributed by atoms with Gasteiger partial charge < -0.3 is 25.6 Å². The summed E-state index contributed by atoms with van der Waals surface area (Å²) in [6, 6.07) is 7.81. The van der Waals surface area contributed by atoms with Gasteiger partial charge in [-0.3, -0.25) is 9.79 Å². The molecule has 166 valence electrons. The highest BCUT2D eigenvalue weighted by Gasteiger charge is 2.27. The molecule has 1 aliphatic rings. The quantitative estimate of drug-likeness (QED) is 0.488. The highest BCUT2D eigenvalue weighted by molar-refractivity contribution is 5.90. The predicted octanol–water partition coefficient (Wildman–Crippen LogP) is 3.10. The van der Waals surface area contributed by atoms with Gasteiger partial charge in [0.1, 0.15) is 5.60 Å². The van der Waals surface area contributed by atoms with Crippen molar-refractivity contribution in [2.24, 2.45) is 4.99 Å². The van der Waals surface area contributed by atoms with Gasteiger partial charge in [-0.15, -0.1) is 0 Å². The molecular formula is C22H35N5O3. The number of guanidine groups is 1. The van der Waals surface area contributed by atoms with Crippen LogP contribution in [0.15, 0.2) is 29.3 Å². The maximum atomic E-state index is 12.0. The summed E-state index contributed by atoms with van der Waals surface area (Å²) in [4.78, 5) is 30.3. The average molecular weight is 418 g/mol. The van der Waals surface area contributed by atoms with Crippen molar-refractivity contribution in [3.63, 3.8) is 0 Å². The monoisotopic (exact) mass is 417 g/mol. The van der Waals surface area contributed by atoms with E-state index in [1.807, 2.05) is 52.0 Å². The number of hydrogen-bond acceptors (Lipinski definition) is 4. The normalized spacial score (nSPS) is 16.9. The number of amides is 2. The summed E-state index contributed by atoms with van der Waals surface area (Å²) in [6.07, 6.45) is 1.78. The van der Waals surface area contributed by atoms with Crippen LogP contribution in [0.2, 0.25) is 0 Å². The summed E-state index contributed by atoms with van der Waals surface area (Å²) in [5, 5.41) is 9.21. The number of aliphatic imine (C=N–C) groups is 1. The molecule has 30 heavy (non-hydrogen) atoms. The molecule has 0 saturated carbocycles. The Labute approximate surface area is 179 Å². The van der Waals surface area contributed by atoms with Gasteiger partial charge in [-0.2, -0.15) is 0 Å². The maximum absolute atomic E-state index is 12.0. The summed E-state index contributed by atoms with van der Waals surface area (Å²) in [6.45, 7) is 9.60. The largest absolute Gasteiger partial charge is 0.444 e. The molecule has 0 spiro atoms. The van der Waals surface area contributed by atoms with Gasteiger partial charge in [0.05, 0.1) is 6.04 Å². The Morgan fingerprint density at radius 1 is 1.30 bits per heavy atom. The molecule has 1 fully saturated rings. The lowest BCUT2D eigenvalue weighted by Crippen LogP contribution is -2.44. The van der Waals surface area contributed by atoms with Gasteiger partial charge in [0.2, 0.25) is 5.91 Å². The van der Waals surface area contributed by atoms with Crippen LogP contribution < -0.4 is 16.0 Å². The summed E-state index contributed by atoms with van der Waals surface area (Å²) in [7, 11) is 1.75. The van der Waals surface area contributed by atoms with Gasteiger partial charge in [-0.05, 0) is 51.3 Å². The van der Waals surface area contributed by atoms with Crippen LogP contribution >= 0.6 is 0 Å². The van der Waals surface area contributed by atoms with E-state index in [0.29, 0.717) is 19.5 Å². The lowest BCUT2D eigenvalue weighted by atomic mass is 10.2. The number of nitrogens with one attached hydrogen (secondary N) is 3. The van der Waals surface area contributed by atoms with Crippen LogP contribution in [0.5, 0.6) is 0 Å². The van der Waals surface area contributed by atoms with Crippen molar-refractivity contribution in [3.8, 4) is 0 Å². The average Bonchev–Trinajstić information content (AvgIpc) is 3.09. The Balaban J connectivity index is 1.85. The lowest BCUT2D eigenvalue weighted by Gasteiger charge is -2.23. The maximum Gasteiger partial charge on any atom is 0.407 e. The Morgan fingerprint density at radius 3 is 2.73 bits per heavy atom. The Bertz CT molecular complexity index is 757. The number of nitrogens with zero attached hydrogens (tertiary/aromatic N) is 2. The molecule has 0 aromatic heterocycles. The SMILES string of the molecule is CCCC(=O)Nc1cccc(CNC(=NC)N2CCC(NC(=O)OC(C)(C)C)C2)c1. The van der Waals surface area contributed by atoms with Crippen LogP contribution in [0.3, 0.4) is 0 Å². The molecule has 1 aromatic rings. The first-order valence-corrected chi connectivity index (χ1v) is 10.5. The smallest absolute Gasteiger partial charge is 0.407 e. The van der Waals surface area contributed by atoms with Crippen LogP contribution in [-0.2, 0) is 16.1 Å². The number of anilines is 1. The third-order valence-electron chi connectivity index (χ3n) is 4.56. The van der Waals surface area contributed by atoms with Gasteiger partial charge in [-0.1, -0.05) is 19.1 Å². The number of rotatable bonds is 6. The van der Waals surface area contributed by atoms with Gasteiger partial charge >= 0.3 is 6.09 Å². The molecular weight excluding hydrogens is 382 g/mol. The van der Waals surface area contributed by atoms with E-state index in [-0.39, 0.29) is 18.0 Å². The number of alkyl carbamates (subject to hydrolysis) is 1. The number of carbonyl (C=O) groups excluding carboxylic acids is 2. The molecule has 2 amide bonds. The van der Waals surface area contributed by atoms with E-state index in [9.17, 15) is 9.59 Å². The molecule has 8 heteroatoms. The zero-order valence-electron chi connectivity index (χ0n) is 18.7. The van der Waals surface area contributed by atoms with Gasteiger partial charge in [0.15, 0.2) is 5.96 Å². The van der Waals surface area contributed by atoms with E-state index in [4.69, 9.17) is 4.74 Å². The van der Waals surface area contributed by atoms with Crippen LogP contribution in [0.4, 0.5) is 10.5 Å². The zero-order valence-corrected chi connectivity index (χ0v) is 18.7. The molecule has 8 nitrogen and oxygen atoms in total. The number of likely N-dealkylation sites (tertiary alicyclic amines) is 1. The lowest BCUT2D eigenvalue weighted by molar-refractivity contribution is -0.116. The molecule has 3 N–H and O–H groups in total. The van der Waals surface area contributed by atoms with Crippen LogP contribution in [0, 0.1) is 0 Å².